The summed E-state index contributed by atoms with van der Waals surface area (Å²) in [6.07, 6.45) is -2.34. The van der Waals surface area contributed by atoms with Crippen molar-refractivity contribution in [1.82, 2.24) is 0 Å². The predicted octanol–water partition coefficient (Wildman–Crippen LogP) is 1.37. The van der Waals surface area contributed by atoms with Crippen molar-refractivity contribution >= 4 is 22.8 Å². The maximum absolute atomic E-state index is 10.9. The van der Waals surface area contributed by atoms with Crippen molar-refractivity contribution in [3.63, 3.8) is 0 Å². The van der Waals surface area contributed by atoms with Gasteiger partial charge in [-0.3, -0.25) is 4.79 Å². The number of carbonyl (C=O) groups is 2. The molecule has 0 aromatic heterocycles. The summed E-state index contributed by atoms with van der Waals surface area (Å²) in [7, 11) is 0. The minimum Gasteiger partial charge on any atom is -0.478 e. The Hall–Kier alpha value is -1.37. The standard InChI is InChI=1S/C13H16O5S/c1-7-3-4-9(13(17)18)5-10(7)12(16)11(15)6-19-8(2)14/h3-5,11-12,15-16H,6H2,1-2H3,(H,17,18). The third-order valence-corrected chi connectivity index (χ3v) is 3.58. The second-order valence-corrected chi connectivity index (χ2v) is 5.39. The molecule has 0 saturated heterocycles. The largest absolute Gasteiger partial charge is 0.478 e. The molecule has 1 rings (SSSR count). The average Bonchev–Trinajstić information content (AvgIpc) is 2.35. The van der Waals surface area contributed by atoms with Crippen molar-refractivity contribution in [3.8, 4) is 0 Å². The molecule has 0 fully saturated rings. The Kier molecular flexibility index (Phi) is 5.53. The molecule has 104 valence electrons. The fourth-order valence-electron chi connectivity index (χ4n) is 1.59. The van der Waals surface area contributed by atoms with Gasteiger partial charge in [0.1, 0.15) is 6.10 Å². The minimum absolute atomic E-state index is 0.0473. The first-order chi connectivity index (χ1) is 8.82. The number of hydrogen-bond acceptors (Lipinski definition) is 5. The van der Waals surface area contributed by atoms with Gasteiger partial charge < -0.3 is 15.3 Å². The SMILES string of the molecule is CC(=O)SCC(O)C(O)c1cc(C(=O)O)ccc1C. The molecule has 0 heterocycles. The highest BCUT2D eigenvalue weighted by molar-refractivity contribution is 8.13. The molecule has 0 bridgehead atoms. The van der Waals surface area contributed by atoms with Crippen LogP contribution in [0.3, 0.4) is 0 Å². The van der Waals surface area contributed by atoms with Crippen molar-refractivity contribution in [3.05, 3.63) is 34.9 Å². The van der Waals surface area contributed by atoms with E-state index in [0.717, 1.165) is 11.8 Å². The molecular weight excluding hydrogens is 268 g/mol. The van der Waals surface area contributed by atoms with Crippen LogP contribution in [0.5, 0.6) is 0 Å². The maximum atomic E-state index is 10.9. The van der Waals surface area contributed by atoms with Crippen LogP contribution in [0.25, 0.3) is 0 Å². The number of carboxylic acid groups (broad SMARTS) is 1. The number of thioether (sulfide) groups is 1. The molecule has 3 N–H and O–H groups in total. The van der Waals surface area contributed by atoms with Crippen molar-refractivity contribution in [2.24, 2.45) is 0 Å². The van der Waals surface area contributed by atoms with E-state index in [-0.39, 0.29) is 16.4 Å². The number of carboxylic acids is 1. The van der Waals surface area contributed by atoms with Gasteiger partial charge >= 0.3 is 5.97 Å². The summed E-state index contributed by atoms with van der Waals surface area (Å²) in [5, 5.41) is 28.6. The lowest BCUT2D eigenvalue weighted by Crippen LogP contribution is -2.22. The fraction of sp³-hybridized carbons (Fsp3) is 0.385. The van der Waals surface area contributed by atoms with Gasteiger partial charge in [-0.15, -0.1) is 0 Å². The van der Waals surface area contributed by atoms with E-state index in [1.165, 1.54) is 19.1 Å². The van der Waals surface area contributed by atoms with Gasteiger partial charge in [0, 0.05) is 12.7 Å². The molecule has 0 aliphatic heterocycles. The van der Waals surface area contributed by atoms with Gasteiger partial charge in [0.2, 0.25) is 0 Å². The molecular formula is C13H16O5S. The Morgan fingerprint density at radius 2 is 1.95 bits per heavy atom. The molecule has 1 aromatic rings. The smallest absolute Gasteiger partial charge is 0.335 e. The van der Waals surface area contributed by atoms with E-state index in [2.05, 4.69) is 0 Å². The number of aromatic carboxylic acids is 1. The summed E-state index contributed by atoms with van der Waals surface area (Å²) in [5.41, 5.74) is 1.09. The zero-order valence-electron chi connectivity index (χ0n) is 10.7. The number of hydrogen-bond donors (Lipinski definition) is 3. The van der Waals surface area contributed by atoms with Crippen LogP contribution in [0.15, 0.2) is 18.2 Å². The normalized spacial score (nSPS) is 13.9. The summed E-state index contributed by atoms with van der Waals surface area (Å²) >= 11 is 0.914. The average molecular weight is 284 g/mol. The van der Waals surface area contributed by atoms with Crippen LogP contribution in [0.1, 0.15) is 34.5 Å². The lowest BCUT2D eigenvalue weighted by molar-refractivity contribution is -0.109. The predicted molar refractivity (Wildman–Crippen MR) is 72.2 cm³/mol. The topological polar surface area (TPSA) is 94.8 Å². The Balaban J connectivity index is 2.91. The Bertz CT molecular complexity index is 486. The van der Waals surface area contributed by atoms with Crippen LogP contribution >= 0.6 is 11.8 Å². The molecule has 2 unspecified atom stereocenters. The summed E-state index contributed by atoms with van der Waals surface area (Å²) in [4.78, 5) is 21.7. The number of rotatable bonds is 5. The molecule has 0 aliphatic rings. The third kappa shape index (κ3) is 4.34. The van der Waals surface area contributed by atoms with Crippen molar-refractivity contribution < 1.29 is 24.9 Å². The van der Waals surface area contributed by atoms with Crippen molar-refractivity contribution in [1.29, 1.82) is 0 Å². The van der Waals surface area contributed by atoms with Gasteiger partial charge in [-0.1, -0.05) is 17.8 Å². The molecule has 2 atom stereocenters. The first-order valence-corrected chi connectivity index (χ1v) is 6.64. The highest BCUT2D eigenvalue weighted by Gasteiger charge is 2.21. The van der Waals surface area contributed by atoms with Gasteiger partial charge in [-0.2, -0.15) is 0 Å². The lowest BCUT2D eigenvalue weighted by atomic mass is 9.97. The van der Waals surface area contributed by atoms with Crippen LogP contribution in [-0.4, -0.2) is 38.3 Å². The van der Waals surface area contributed by atoms with E-state index in [9.17, 15) is 19.8 Å². The van der Waals surface area contributed by atoms with E-state index in [0.29, 0.717) is 11.1 Å². The zero-order chi connectivity index (χ0) is 14.6. The monoisotopic (exact) mass is 284 g/mol. The number of benzene rings is 1. The molecule has 0 aliphatic carbocycles. The van der Waals surface area contributed by atoms with Crippen LogP contribution in [-0.2, 0) is 4.79 Å². The van der Waals surface area contributed by atoms with E-state index < -0.39 is 18.2 Å². The fourth-order valence-corrected chi connectivity index (χ4v) is 2.18. The van der Waals surface area contributed by atoms with Crippen LogP contribution in [0.2, 0.25) is 0 Å². The van der Waals surface area contributed by atoms with E-state index in [1.54, 1.807) is 13.0 Å². The van der Waals surface area contributed by atoms with Gasteiger partial charge in [-0.25, -0.2) is 4.79 Å². The molecule has 6 heteroatoms. The summed E-state index contributed by atoms with van der Waals surface area (Å²) < 4.78 is 0. The first-order valence-electron chi connectivity index (χ1n) is 5.66. The van der Waals surface area contributed by atoms with Crippen molar-refractivity contribution in [2.75, 3.05) is 5.75 Å². The van der Waals surface area contributed by atoms with Crippen LogP contribution in [0.4, 0.5) is 0 Å². The number of aliphatic hydroxyl groups is 2. The van der Waals surface area contributed by atoms with Gasteiger partial charge in [-0.05, 0) is 30.2 Å². The molecule has 0 radical (unpaired) electrons. The van der Waals surface area contributed by atoms with E-state index in [1.807, 2.05) is 0 Å². The van der Waals surface area contributed by atoms with Gasteiger partial charge in [0.15, 0.2) is 5.12 Å². The molecule has 19 heavy (non-hydrogen) atoms. The lowest BCUT2D eigenvalue weighted by Gasteiger charge is -2.19. The zero-order valence-corrected chi connectivity index (χ0v) is 11.5. The molecule has 0 saturated carbocycles. The number of carbonyl (C=O) groups excluding carboxylic acids is 1. The summed E-state index contributed by atoms with van der Waals surface area (Å²) in [6.45, 7) is 3.09. The Morgan fingerprint density at radius 3 is 2.47 bits per heavy atom. The highest BCUT2D eigenvalue weighted by Crippen LogP contribution is 2.24. The second kappa shape index (κ2) is 6.70. The second-order valence-electron chi connectivity index (χ2n) is 4.19. The van der Waals surface area contributed by atoms with E-state index >= 15 is 0 Å². The molecule has 5 nitrogen and oxygen atoms in total. The molecule has 1 aromatic carbocycles. The number of aliphatic hydroxyl groups excluding tert-OH is 2. The number of aryl methyl sites for hydroxylation is 1. The molecule has 0 spiro atoms. The van der Waals surface area contributed by atoms with Crippen LogP contribution in [0, 0.1) is 6.92 Å². The van der Waals surface area contributed by atoms with Crippen LogP contribution < -0.4 is 0 Å². The van der Waals surface area contributed by atoms with Gasteiger partial charge in [0.05, 0.1) is 11.7 Å². The van der Waals surface area contributed by atoms with E-state index in [4.69, 9.17) is 5.11 Å². The van der Waals surface area contributed by atoms with Crippen molar-refractivity contribution in [2.45, 2.75) is 26.1 Å². The third-order valence-electron chi connectivity index (χ3n) is 2.67. The Morgan fingerprint density at radius 1 is 1.32 bits per heavy atom. The summed E-state index contributed by atoms with van der Waals surface area (Å²) in [6, 6.07) is 4.35. The highest BCUT2D eigenvalue weighted by atomic mass is 32.2. The quantitative estimate of drug-likeness (QED) is 0.756. The summed E-state index contributed by atoms with van der Waals surface area (Å²) in [5.74, 6) is -1.03. The first kappa shape index (κ1) is 15.7. The minimum atomic E-state index is -1.22. The van der Waals surface area contributed by atoms with Gasteiger partial charge in [0.25, 0.3) is 0 Å². The Labute approximate surface area is 115 Å². The maximum Gasteiger partial charge on any atom is 0.335 e. The molecule has 0 amide bonds.